The number of methoxy groups -OCH3 is 1. The van der Waals surface area contributed by atoms with E-state index in [9.17, 15) is 0 Å². The van der Waals surface area contributed by atoms with Crippen molar-refractivity contribution in [1.82, 2.24) is 19.7 Å². The van der Waals surface area contributed by atoms with E-state index in [1.807, 2.05) is 6.20 Å². The number of hydrogen-bond acceptors (Lipinski definition) is 4. The number of ether oxygens (including phenoxy) is 1. The summed E-state index contributed by atoms with van der Waals surface area (Å²) in [4.78, 5) is 7.87. The van der Waals surface area contributed by atoms with Crippen LogP contribution < -0.4 is 0 Å². The molecule has 2 aromatic rings. The molecule has 0 atom stereocenters. The smallest absolute Gasteiger partial charge is 0.185 e. The van der Waals surface area contributed by atoms with Crippen LogP contribution in [0.2, 0.25) is 5.15 Å². The minimum atomic E-state index is 0.429. The monoisotopic (exact) mass is 212 g/mol. The van der Waals surface area contributed by atoms with Crippen LogP contribution in [0.5, 0.6) is 0 Å². The van der Waals surface area contributed by atoms with Crippen LogP contribution in [0.1, 0.15) is 0 Å². The number of fused-ring (bicyclic) bond motifs is 1. The zero-order valence-electron chi connectivity index (χ0n) is 7.64. The quantitative estimate of drug-likeness (QED) is 0.716. The first-order chi connectivity index (χ1) is 6.81. The molecule has 0 saturated heterocycles. The third-order valence-corrected chi connectivity index (χ3v) is 2.14. The van der Waals surface area contributed by atoms with Crippen LogP contribution >= 0.6 is 11.6 Å². The summed E-state index contributed by atoms with van der Waals surface area (Å²) in [6.45, 7) is 1.29. The molecule has 0 aliphatic rings. The van der Waals surface area contributed by atoms with Gasteiger partial charge in [0.1, 0.15) is 11.5 Å². The van der Waals surface area contributed by atoms with E-state index in [1.165, 1.54) is 6.33 Å². The minimum Gasteiger partial charge on any atom is -0.383 e. The van der Waals surface area contributed by atoms with E-state index in [2.05, 4.69) is 15.1 Å². The number of halogens is 1. The minimum absolute atomic E-state index is 0.429. The molecule has 6 heteroatoms. The van der Waals surface area contributed by atoms with E-state index in [1.54, 1.807) is 11.8 Å². The molecule has 2 rings (SSSR count). The zero-order chi connectivity index (χ0) is 9.97. The van der Waals surface area contributed by atoms with Crippen molar-refractivity contribution in [3.63, 3.8) is 0 Å². The van der Waals surface area contributed by atoms with Gasteiger partial charge in [0.25, 0.3) is 0 Å². The second-order valence-corrected chi connectivity index (χ2v) is 3.14. The molecule has 0 saturated carbocycles. The van der Waals surface area contributed by atoms with Crippen LogP contribution in [-0.4, -0.2) is 33.5 Å². The maximum Gasteiger partial charge on any atom is 0.185 e. The van der Waals surface area contributed by atoms with Gasteiger partial charge in [0.2, 0.25) is 0 Å². The lowest BCUT2D eigenvalue weighted by molar-refractivity contribution is 0.184. The van der Waals surface area contributed by atoms with Crippen molar-refractivity contribution >= 4 is 22.6 Å². The van der Waals surface area contributed by atoms with E-state index >= 15 is 0 Å². The SMILES string of the molecule is COCCn1cc2c(Cl)ncnc2n1. The predicted molar refractivity (Wildman–Crippen MR) is 52.2 cm³/mol. The number of rotatable bonds is 3. The van der Waals surface area contributed by atoms with Gasteiger partial charge in [0.05, 0.1) is 18.5 Å². The third-order valence-electron chi connectivity index (χ3n) is 1.84. The second kappa shape index (κ2) is 3.89. The highest BCUT2D eigenvalue weighted by Crippen LogP contribution is 2.16. The van der Waals surface area contributed by atoms with Gasteiger partial charge in [-0.1, -0.05) is 11.6 Å². The summed E-state index contributed by atoms with van der Waals surface area (Å²) in [6, 6.07) is 0. The Hall–Kier alpha value is -1.20. The van der Waals surface area contributed by atoms with Gasteiger partial charge in [-0.3, -0.25) is 4.68 Å². The van der Waals surface area contributed by atoms with Crippen LogP contribution in [0, 0.1) is 0 Å². The molecule has 0 aromatic carbocycles. The van der Waals surface area contributed by atoms with Crippen molar-refractivity contribution in [3.05, 3.63) is 17.7 Å². The first-order valence-corrected chi connectivity index (χ1v) is 4.51. The van der Waals surface area contributed by atoms with E-state index in [-0.39, 0.29) is 0 Å². The lowest BCUT2D eigenvalue weighted by atomic mass is 10.4. The molecule has 2 heterocycles. The summed E-state index contributed by atoms with van der Waals surface area (Å²) in [5, 5.41) is 5.41. The fourth-order valence-corrected chi connectivity index (χ4v) is 1.33. The molecular weight excluding hydrogens is 204 g/mol. The highest BCUT2D eigenvalue weighted by Gasteiger charge is 2.05. The van der Waals surface area contributed by atoms with Gasteiger partial charge in [-0.05, 0) is 0 Å². The molecule has 0 fully saturated rings. The molecule has 0 aliphatic carbocycles. The van der Waals surface area contributed by atoms with Crippen LogP contribution in [-0.2, 0) is 11.3 Å². The van der Waals surface area contributed by atoms with Gasteiger partial charge in [0, 0.05) is 13.3 Å². The van der Waals surface area contributed by atoms with Crippen molar-refractivity contribution in [2.45, 2.75) is 6.54 Å². The molecule has 0 radical (unpaired) electrons. The summed E-state index contributed by atoms with van der Waals surface area (Å²) >= 11 is 5.87. The Kier molecular flexibility index (Phi) is 2.60. The molecule has 0 aliphatic heterocycles. The van der Waals surface area contributed by atoms with Crippen molar-refractivity contribution in [1.29, 1.82) is 0 Å². The van der Waals surface area contributed by atoms with Crippen LogP contribution in [0.25, 0.3) is 11.0 Å². The van der Waals surface area contributed by atoms with Gasteiger partial charge < -0.3 is 4.74 Å². The first-order valence-electron chi connectivity index (χ1n) is 4.14. The Balaban J connectivity index is 2.36. The standard InChI is InChI=1S/C8H9ClN4O/c1-14-3-2-13-4-6-7(9)10-5-11-8(6)12-13/h4-5H,2-3H2,1H3. The summed E-state index contributed by atoms with van der Waals surface area (Å²) < 4.78 is 6.69. The van der Waals surface area contributed by atoms with Crippen LogP contribution in [0.4, 0.5) is 0 Å². The Morgan fingerprint density at radius 2 is 2.36 bits per heavy atom. The van der Waals surface area contributed by atoms with Gasteiger partial charge in [-0.25, -0.2) is 9.97 Å². The number of hydrogen-bond donors (Lipinski definition) is 0. The number of nitrogens with zero attached hydrogens (tertiary/aromatic N) is 4. The molecule has 74 valence electrons. The van der Waals surface area contributed by atoms with Gasteiger partial charge in [-0.15, -0.1) is 0 Å². The number of aromatic nitrogens is 4. The zero-order valence-corrected chi connectivity index (χ0v) is 8.40. The van der Waals surface area contributed by atoms with Crippen LogP contribution in [0.15, 0.2) is 12.5 Å². The molecule has 2 aromatic heterocycles. The highest BCUT2D eigenvalue weighted by atomic mass is 35.5. The fraction of sp³-hybridized carbons (Fsp3) is 0.375. The molecular formula is C8H9ClN4O. The van der Waals surface area contributed by atoms with Gasteiger partial charge in [0.15, 0.2) is 5.65 Å². The molecule has 0 unspecified atom stereocenters. The molecule has 0 N–H and O–H groups in total. The summed E-state index contributed by atoms with van der Waals surface area (Å²) in [5.74, 6) is 0. The Morgan fingerprint density at radius 1 is 1.50 bits per heavy atom. The Labute approximate surface area is 85.7 Å². The topological polar surface area (TPSA) is 52.8 Å². The van der Waals surface area contributed by atoms with E-state index in [0.717, 1.165) is 5.39 Å². The third kappa shape index (κ3) is 1.69. The van der Waals surface area contributed by atoms with E-state index < -0.39 is 0 Å². The second-order valence-electron chi connectivity index (χ2n) is 2.79. The average Bonchev–Trinajstić information content (AvgIpc) is 2.59. The molecule has 0 spiro atoms. The normalized spacial score (nSPS) is 11.0. The lowest BCUT2D eigenvalue weighted by Gasteiger charge is -1.97. The maximum atomic E-state index is 5.87. The van der Waals surface area contributed by atoms with Crippen molar-refractivity contribution in [2.24, 2.45) is 0 Å². The van der Waals surface area contributed by atoms with E-state index in [0.29, 0.717) is 24.0 Å². The average molecular weight is 213 g/mol. The van der Waals surface area contributed by atoms with Crippen molar-refractivity contribution < 1.29 is 4.74 Å². The fourth-order valence-electron chi connectivity index (χ4n) is 1.16. The van der Waals surface area contributed by atoms with Gasteiger partial charge >= 0.3 is 0 Å². The Bertz CT molecular complexity index is 442. The van der Waals surface area contributed by atoms with E-state index in [4.69, 9.17) is 16.3 Å². The molecule has 0 amide bonds. The summed E-state index contributed by atoms with van der Waals surface area (Å²) in [6.07, 6.45) is 3.22. The van der Waals surface area contributed by atoms with Crippen molar-refractivity contribution in [2.75, 3.05) is 13.7 Å². The summed E-state index contributed by atoms with van der Waals surface area (Å²) in [7, 11) is 1.65. The lowest BCUT2D eigenvalue weighted by Crippen LogP contribution is -2.04. The molecule has 0 bridgehead atoms. The molecule has 14 heavy (non-hydrogen) atoms. The highest BCUT2D eigenvalue weighted by molar-refractivity contribution is 6.33. The van der Waals surface area contributed by atoms with Crippen LogP contribution in [0.3, 0.4) is 0 Å². The predicted octanol–water partition coefficient (Wildman–Crippen LogP) is 1.13. The van der Waals surface area contributed by atoms with Gasteiger partial charge in [-0.2, -0.15) is 5.10 Å². The van der Waals surface area contributed by atoms with Crippen molar-refractivity contribution in [3.8, 4) is 0 Å². The molecule has 5 nitrogen and oxygen atoms in total. The summed E-state index contributed by atoms with van der Waals surface area (Å²) in [5.41, 5.74) is 0.612. The first kappa shape index (κ1) is 9.36. The largest absolute Gasteiger partial charge is 0.383 e. The maximum absolute atomic E-state index is 5.87. The Morgan fingerprint density at radius 3 is 3.07 bits per heavy atom.